The highest BCUT2D eigenvalue weighted by molar-refractivity contribution is 9.09. The van der Waals surface area contributed by atoms with Crippen molar-refractivity contribution in [1.82, 2.24) is 9.36 Å². The first kappa shape index (κ1) is 11.3. The van der Waals surface area contributed by atoms with E-state index in [0.29, 0.717) is 5.92 Å². The van der Waals surface area contributed by atoms with E-state index in [1.54, 1.807) is 11.5 Å². The number of hydrogen-bond donors (Lipinski definition) is 0. The molecule has 0 amide bonds. The third-order valence-corrected chi connectivity index (χ3v) is 3.64. The molecule has 1 heterocycles. The summed E-state index contributed by atoms with van der Waals surface area (Å²) in [6, 6.07) is 0. The summed E-state index contributed by atoms with van der Waals surface area (Å²) in [5.41, 5.74) is 0. The van der Waals surface area contributed by atoms with Crippen molar-refractivity contribution in [3.05, 3.63) is 5.82 Å². The third-order valence-electron chi connectivity index (χ3n) is 2.49. The number of nitrogens with zero attached hydrogens (tertiary/aromatic N) is 3. The zero-order chi connectivity index (χ0) is 10.7. The molecule has 1 aromatic heterocycles. The highest BCUT2D eigenvalue weighted by Gasteiger charge is 2.28. The Labute approximate surface area is 103 Å². The molecule has 0 N–H and O–H groups in total. The molecule has 0 aromatic carbocycles. The molecule has 1 aliphatic rings. The lowest BCUT2D eigenvalue weighted by Gasteiger charge is -2.18. The fourth-order valence-corrected chi connectivity index (χ4v) is 2.76. The monoisotopic (exact) mass is 289 g/mol. The van der Waals surface area contributed by atoms with Crippen LogP contribution in [-0.2, 0) is 0 Å². The summed E-state index contributed by atoms with van der Waals surface area (Å²) in [5, 5.41) is 2.09. The number of anilines is 1. The summed E-state index contributed by atoms with van der Waals surface area (Å²) in [7, 11) is 0. The van der Waals surface area contributed by atoms with Gasteiger partial charge in [-0.2, -0.15) is 4.37 Å². The minimum atomic E-state index is 0.669. The van der Waals surface area contributed by atoms with Crippen molar-refractivity contribution in [2.75, 3.05) is 23.3 Å². The average molecular weight is 290 g/mol. The SMILES string of the molecule is CCCN(CCBr)c1nc(C2CC2)ns1. The fourth-order valence-electron chi connectivity index (χ4n) is 1.54. The Hall–Kier alpha value is -0.160. The number of aromatic nitrogens is 2. The maximum absolute atomic E-state index is 4.62. The van der Waals surface area contributed by atoms with E-state index < -0.39 is 0 Å². The Morgan fingerprint density at radius 2 is 2.27 bits per heavy atom. The predicted octanol–water partition coefficient (Wildman–Crippen LogP) is 3.03. The van der Waals surface area contributed by atoms with Crippen molar-refractivity contribution < 1.29 is 0 Å². The van der Waals surface area contributed by atoms with Crippen LogP contribution in [0.5, 0.6) is 0 Å². The van der Waals surface area contributed by atoms with E-state index in [1.807, 2.05) is 0 Å². The second kappa shape index (κ2) is 5.25. The Bertz CT molecular complexity index is 305. The molecule has 15 heavy (non-hydrogen) atoms. The number of hydrogen-bond acceptors (Lipinski definition) is 4. The topological polar surface area (TPSA) is 29.0 Å². The normalized spacial score (nSPS) is 15.6. The summed E-state index contributed by atoms with van der Waals surface area (Å²) in [6.45, 7) is 4.29. The van der Waals surface area contributed by atoms with Crippen LogP contribution in [0.4, 0.5) is 5.13 Å². The van der Waals surface area contributed by atoms with E-state index in [9.17, 15) is 0 Å². The smallest absolute Gasteiger partial charge is 0.205 e. The summed E-state index contributed by atoms with van der Waals surface area (Å²) in [4.78, 5) is 6.94. The van der Waals surface area contributed by atoms with Crippen LogP contribution in [0.25, 0.3) is 0 Å². The summed E-state index contributed by atoms with van der Waals surface area (Å²) in [5.74, 6) is 1.74. The Morgan fingerprint density at radius 1 is 1.47 bits per heavy atom. The molecule has 1 saturated carbocycles. The van der Waals surface area contributed by atoms with E-state index in [2.05, 4.69) is 37.1 Å². The fraction of sp³-hybridized carbons (Fsp3) is 0.800. The average Bonchev–Trinajstić information content (AvgIpc) is 2.97. The predicted molar refractivity (Wildman–Crippen MR) is 68.2 cm³/mol. The molecular formula is C10H16BrN3S. The minimum Gasteiger partial charge on any atom is -0.346 e. The van der Waals surface area contributed by atoms with Gasteiger partial charge in [-0.25, -0.2) is 4.98 Å². The third kappa shape index (κ3) is 2.91. The lowest BCUT2D eigenvalue weighted by Crippen LogP contribution is -2.25. The van der Waals surface area contributed by atoms with Crippen molar-refractivity contribution in [2.24, 2.45) is 0 Å². The molecule has 3 nitrogen and oxygen atoms in total. The van der Waals surface area contributed by atoms with Crippen LogP contribution in [0, 0.1) is 0 Å². The second-order valence-electron chi connectivity index (χ2n) is 3.89. The maximum atomic E-state index is 4.62. The van der Waals surface area contributed by atoms with Gasteiger partial charge in [0.05, 0.1) is 0 Å². The quantitative estimate of drug-likeness (QED) is 0.754. The molecule has 0 unspecified atom stereocenters. The molecule has 2 rings (SSSR count). The summed E-state index contributed by atoms with van der Waals surface area (Å²) >= 11 is 5.03. The number of rotatable bonds is 6. The first-order chi connectivity index (χ1) is 7.35. The van der Waals surface area contributed by atoms with E-state index in [0.717, 1.165) is 35.8 Å². The van der Waals surface area contributed by atoms with Gasteiger partial charge in [-0.3, -0.25) is 0 Å². The summed E-state index contributed by atoms with van der Waals surface area (Å²) < 4.78 is 4.44. The van der Waals surface area contributed by atoms with Crippen molar-refractivity contribution in [2.45, 2.75) is 32.1 Å². The van der Waals surface area contributed by atoms with E-state index in [4.69, 9.17) is 0 Å². The van der Waals surface area contributed by atoms with Gasteiger partial charge < -0.3 is 4.90 Å². The summed E-state index contributed by atoms with van der Waals surface area (Å²) in [6.07, 6.45) is 3.72. The minimum absolute atomic E-state index is 0.669. The van der Waals surface area contributed by atoms with Gasteiger partial charge in [0, 0.05) is 35.9 Å². The molecule has 0 atom stereocenters. The molecule has 1 aromatic rings. The molecule has 0 spiro atoms. The van der Waals surface area contributed by atoms with E-state index in [-0.39, 0.29) is 0 Å². The highest BCUT2D eigenvalue weighted by Crippen LogP contribution is 2.39. The van der Waals surface area contributed by atoms with Crippen LogP contribution in [-0.4, -0.2) is 27.8 Å². The Balaban J connectivity index is 2.03. The van der Waals surface area contributed by atoms with Crippen molar-refractivity contribution >= 4 is 32.6 Å². The van der Waals surface area contributed by atoms with E-state index in [1.165, 1.54) is 12.8 Å². The van der Waals surface area contributed by atoms with Gasteiger partial charge in [0.1, 0.15) is 5.82 Å². The van der Waals surface area contributed by atoms with Gasteiger partial charge >= 0.3 is 0 Å². The highest BCUT2D eigenvalue weighted by atomic mass is 79.9. The Morgan fingerprint density at radius 3 is 2.87 bits per heavy atom. The molecule has 0 saturated heterocycles. The van der Waals surface area contributed by atoms with Crippen LogP contribution < -0.4 is 4.90 Å². The maximum Gasteiger partial charge on any atom is 0.205 e. The van der Waals surface area contributed by atoms with Crippen LogP contribution in [0.1, 0.15) is 37.9 Å². The standard InChI is InChI=1S/C10H16BrN3S/c1-2-6-14(7-5-11)10-12-9(13-15-10)8-3-4-8/h8H,2-7H2,1H3. The van der Waals surface area contributed by atoms with Gasteiger partial charge in [-0.1, -0.05) is 22.9 Å². The van der Waals surface area contributed by atoms with Gasteiger partial charge in [-0.05, 0) is 19.3 Å². The Kier molecular flexibility index (Phi) is 3.97. The van der Waals surface area contributed by atoms with Crippen molar-refractivity contribution in [3.8, 4) is 0 Å². The molecule has 0 bridgehead atoms. The van der Waals surface area contributed by atoms with Gasteiger partial charge in [-0.15, -0.1) is 0 Å². The van der Waals surface area contributed by atoms with Gasteiger partial charge in [0.15, 0.2) is 0 Å². The van der Waals surface area contributed by atoms with Crippen LogP contribution in [0.3, 0.4) is 0 Å². The lowest BCUT2D eigenvalue weighted by atomic mass is 10.4. The van der Waals surface area contributed by atoms with Crippen molar-refractivity contribution in [3.63, 3.8) is 0 Å². The number of alkyl halides is 1. The molecule has 0 aliphatic heterocycles. The molecule has 1 fully saturated rings. The zero-order valence-electron chi connectivity index (χ0n) is 8.95. The lowest BCUT2D eigenvalue weighted by molar-refractivity contribution is 0.789. The van der Waals surface area contributed by atoms with Crippen LogP contribution >= 0.6 is 27.5 Å². The van der Waals surface area contributed by atoms with Gasteiger partial charge in [0.2, 0.25) is 5.13 Å². The van der Waals surface area contributed by atoms with E-state index >= 15 is 0 Å². The molecule has 0 radical (unpaired) electrons. The zero-order valence-corrected chi connectivity index (χ0v) is 11.4. The first-order valence-electron chi connectivity index (χ1n) is 5.49. The largest absolute Gasteiger partial charge is 0.346 e. The van der Waals surface area contributed by atoms with Crippen LogP contribution in [0.2, 0.25) is 0 Å². The van der Waals surface area contributed by atoms with Crippen LogP contribution in [0.15, 0.2) is 0 Å². The number of halogens is 1. The second-order valence-corrected chi connectivity index (χ2v) is 5.41. The first-order valence-corrected chi connectivity index (χ1v) is 7.39. The van der Waals surface area contributed by atoms with Gasteiger partial charge in [0.25, 0.3) is 0 Å². The molecular weight excluding hydrogens is 274 g/mol. The molecule has 1 aliphatic carbocycles. The van der Waals surface area contributed by atoms with Crippen molar-refractivity contribution in [1.29, 1.82) is 0 Å². The molecule has 5 heteroatoms. The molecule has 84 valence electrons.